The fraction of sp³-hybridized carbons (Fsp3) is 0.400. The lowest BCUT2D eigenvalue weighted by Crippen LogP contribution is -2.19. The molecule has 0 spiro atoms. The van der Waals surface area contributed by atoms with Crippen LogP contribution < -0.4 is 16.2 Å². The molecule has 2 aromatic rings. The van der Waals surface area contributed by atoms with Crippen LogP contribution in [0.1, 0.15) is 13.3 Å². The predicted molar refractivity (Wildman–Crippen MR) is 80.8 cm³/mol. The number of pyridine rings is 1. The van der Waals surface area contributed by atoms with Gasteiger partial charge in [-0.25, -0.2) is 0 Å². The van der Waals surface area contributed by atoms with E-state index in [0.29, 0.717) is 0 Å². The van der Waals surface area contributed by atoms with Crippen LogP contribution in [0.5, 0.6) is 0 Å². The molecule has 0 fully saturated rings. The Bertz CT molecular complexity index is 604. The van der Waals surface area contributed by atoms with Crippen molar-refractivity contribution in [3.05, 3.63) is 40.7 Å². The number of anilines is 1. The summed E-state index contributed by atoms with van der Waals surface area (Å²) in [6.45, 7) is 4.95. The molecule has 2 N–H and O–H groups in total. The summed E-state index contributed by atoms with van der Waals surface area (Å²) in [7, 11) is 1.81. The Balaban J connectivity index is 2.19. The number of fused-ring (bicyclic) bond motifs is 1. The summed E-state index contributed by atoms with van der Waals surface area (Å²) in [5.74, 6) is 0. The smallest absolute Gasteiger partial charge is 0.252 e. The maximum atomic E-state index is 11.9. The van der Waals surface area contributed by atoms with Crippen molar-refractivity contribution >= 4 is 16.6 Å². The van der Waals surface area contributed by atoms with Crippen LogP contribution in [0.4, 0.5) is 5.69 Å². The van der Waals surface area contributed by atoms with Gasteiger partial charge in [-0.3, -0.25) is 4.79 Å². The molecular weight excluding hydrogens is 238 g/mol. The minimum Gasteiger partial charge on any atom is -0.384 e. The second kappa shape index (κ2) is 6.38. The van der Waals surface area contributed by atoms with E-state index in [2.05, 4.69) is 17.6 Å². The van der Waals surface area contributed by atoms with Crippen molar-refractivity contribution in [3.63, 3.8) is 0 Å². The SMILES string of the molecule is CCNCCCNc1cc(=O)n(C)c2ccccc12. The minimum atomic E-state index is 0.0212. The van der Waals surface area contributed by atoms with Gasteiger partial charge in [-0.05, 0) is 25.6 Å². The third-order valence-corrected chi connectivity index (χ3v) is 3.25. The van der Waals surface area contributed by atoms with E-state index in [1.54, 1.807) is 17.7 Å². The zero-order chi connectivity index (χ0) is 13.7. The minimum absolute atomic E-state index is 0.0212. The third-order valence-electron chi connectivity index (χ3n) is 3.25. The van der Waals surface area contributed by atoms with Gasteiger partial charge in [0, 0.05) is 30.7 Å². The van der Waals surface area contributed by atoms with Gasteiger partial charge >= 0.3 is 0 Å². The van der Waals surface area contributed by atoms with Crippen LogP contribution in [0.15, 0.2) is 35.1 Å². The van der Waals surface area contributed by atoms with Crippen LogP contribution in [0, 0.1) is 0 Å². The normalized spacial score (nSPS) is 10.8. The van der Waals surface area contributed by atoms with E-state index in [1.807, 2.05) is 24.3 Å². The van der Waals surface area contributed by atoms with Crippen LogP contribution in [0.2, 0.25) is 0 Å². The van der Waals surface area contributed by atoms with Crippen molar-refractivity contribution in [2.24, 2.45) is 7.05 Å². The van der Waals surface area contributed by atoms with E-state index in [0.717, 1.165) is 42.6 Å². The van der Waals surface area contributed by atoms with Gasteiger partial charge in [0.2, 0.25) is 0 Å². The van der Waals surface area contributed by atoms with E-state index in [-0.39, 0.29) is 5.56 Å². The summed E-state index contributed by atoms with van der Waals surface area (Å²) in [5, 5.41) is 7.74. The highest BCUT2D eigenvalue weighted by Crippen LogP contribution is 2.20. The van der Waals surface area contributed by atoms with Crippen molar-refractivity contribution in [2.75, 3.05) is 25.0 Å². The van der Waals surface area contributed by atoms with E-state index < -0.39 is 0 Å². The standard InChI is InChI=1S/C15H21N3O/c1-3-16-9-6-10-17-13-11-15(19)18(2)14-8-5-4-7-12(13)14/h4-5,7-8,11,16-17H,3,6,9-10H2,1-2H3. The second-order valence-electron chi connectivity index (χ2n) is 4.61. The first kappa shape index (κ1) is 13.6. The van der Waals surface area contributed by atoms with Gasteiger partial charge in [0.15, 0.2) is 0 Å². The van der Waals surface area contributed by atoms with Crippen molar-refractivity contribution in [3.8, 4) is 0 Å². The lowest BCUT2D eigenvalue weighted by atomic mass is 10.2. The van der Waals surface area contributed by atoms with Crippen molar-refractivity contribution in [1.82, 2.24) is 9.88 Å². The van der Waals surface area contributed by atoms with Crippen LogP contribution in [-0.4, -0.2) is 24.2 Å². The Morgan fingerprint density at radius 1 is 1.21 bits per heavy atom. The van der Waals surface area contributed by atoms with Gasteiger partial charge in [-0.15, -0.1) is 0 Å². The topological polar surface area (TPSA) is 46.1 Å². The Hall–Kier alpha value is -1.81. The Morgan fingerprint density at radius 3 is 2.79 bits per heavy atom. The number of nitrogens with one attached hydrogen (secondary N) is 2. The summed E-state index contributed by atoms with van der Waals surface area (Å²) in [4.78, 5) is 11.9. The van der Waals surface area contributed by atoms with Crippen molar-refractivity contribution < 1.29 is 0 Å². The summed E-state index contributed by atoms with van der Waals surface area (Å²) in [6, 6.07) is 9.64. The van der Waals surface area contributed by atoms with E-state index in [1.165, 1.54) is 0 Å². The van der Waals surface area contributed by atoms with Crippen LogP contribution in [0.3, 0.4) is 0 Å². The first-order chi connectivity index (χ1) is 9.24. The molecule has 0 aliphatic heterocycles. The molecule has 0 aliphatic carbocycles. The molecule has 4 heteroatoms. The number of hydrogen-bond acceptors (Lipinski definition) is 3. The molecule has 0 amide bonds. The van der Waals surface area contributed by atoms with Crippen molar-refractivity contribution in [2.45, 2.75) is 13.3 Å². The fourth-order valence-electron chi connectivity index (χ4n) is 2.17. The average Bonchev–Trinajstić information content (AvgIpc) is 2.44. The molecule has 1 aromatic heterocycles. The molecule has 0 atom stereocenters. The zero-order valence-corrected chi connectivity index (χ0v) is 11.6. The number of nitrogens with zero attached hydrogens (tertiary/aromatic N) is 1. The van der Waals surface area contributed by atoms with Gasteiger partial charge in [0.25, 0.3) is 5.56 Å². The van der Waals surface area contributed by atoms with Crippen LogP contribution in [0.25, 0.3) is 10.9 Å². The molecular formula is C15H21N3O. The fourth-order valence-corrected chi connectivity index (χ4v) is 2.17. The van der Waals surface area contributed by atoms with Gasteiger partial charge in [0.1, 0.15) is 0 Å². The highest BCUT2D eigenvalue weighted by atomic mass is 16.1. The monoisotopic (exact) mass is 259 g/mol. The van der Waals surface area contributed by atoms with Gasteiger partial charge in [0.05, 0.1) is 5.52 Å². The van der Waals surface area contributed by atoms with Gasteiger partial charge < -0.3 is 15.2 Å². The molecule has 1 aromatic carbocycles. The van der Waals surface area contributed by atoms with Gasteiger partial charge in [-0.1, -0.05) is 25.1 Å². The number of aromatic nitrogens is 1. The summed E-state index contributed by atoms with van der Waals surface area (Å²) in [5.41, 5.74) is 1.91. The number of aryl methyl sites for hydroxylation is 1. The molecule has 2 rings (SSSR count). The lowest BCUT2D eigenvalue weighted by Gasteiger charge is -2.12. The zero-order valence-electron chi connectivity index (χ0n) is 11.6. The molecule has 0 unspecified atom stereocenters. The second-order valence-corrected chi connectivity index (χ2v) is 4.61. The number of rotatable bonds is 6. The maximum Gasteiger partial charge on any atom is 0.252 e. The van der Waals surface area contributed by atoms with E-state index in [4.69, 9.17) is 0 Å². The summed E-state index contributed by atoms with van der Waals surface area (Å²) in [6.07, 6.45) is 1.04. The van der Waals surface area contributed by atoms with Crippen molar-refractivity contribution in [1.29, 1.82) is 0 Å². The summed E-state index contributed by atoms with van der Waals surface area (Å²) >= 11 is 0. The van der Waals surface area contributed by atoms with E-state index in [9.17, 15) is 4.79 Å². The molecule has 1 heterocycles. The Kier molecular flexibility index (Phi) is 4.58. The number of para-hydroxylation sites is 1. The summed E-state index contributed by atoms with van der Waals surface area (Å²) < 4.78 is 1.68. The Labute approximate surface area is 113 Å². The largest absolute Gasteiger partial charge is 0.384 e. The maximum absolute atomic E-state index is 11.9. The van der Waals surface area contributed by atoms with Crippen LogP contribution in [-0.2, 0) is 7.05 Å². The first-order valence-electron chi connectivity index (χ1n) is 6.77. The Morgan fingerprint density at radius 2 is 2.00 bits per heavy atom. The molecule has 0 radical (unpaired) electrons. The number of hydrogen-bond donors (Lipinski definition) is 2. The quantitative estimate of drug-likeness (QED) is 0.779. The predicted octanol–water partition coefficient (Wildman–Crippen LogP) is 1.95. The first-order valence-corrected chi connectivity index (χ1v) is 6.77. The molecule has 19 heavy (non-hydrogen) atoms. The highest BCUT2D eigenvalue weighted by Gasteiger charge is 2.05. The molecule has 0 saturated carbocycles. The lowest BCUT2D eigenvalue weighted by molar-refractivity contribution is 0.689. The highest BCUT2D eigenvalue weighted by molar-refractivity contribution is 5.91. The molecule has 0 saturated heterocycles. The molecule has 0 bridgehead atoms. The third kappa shape index (κ3) is 3.15. The van der Waals surface area contributed by atoms with E-state index >= 15 is 0 Å². The molecule has 102 valence electrons. The molecule has 0 aliphatic rings. The van der Waals surface area contributed by atoms with Gasteiger partial charge in [-0.2, -0.15) is 0 Å². The molecule has 4 nitrogen and oxygen atoms in total. The number of benzene rings is 1. The average molecular weight is 259 g/mol. The van der Waals surface area contributed by atoms with Crippen LogP contribution >= 0.6 is 0 Å².